The molecule has 0 aliphatic rings. The summed E-state index contributed by atoms with van der Waals surface area (Å²) in [6.45, 7) is 1.20. The maximum absolute atomic E-state index is 9.71. The van der Waals surface area contributed by atoms with Gasteiger partial charge in [-0.1, -0.05) is 30.3 Å². The minimum Gasteiger partial charge on any atom is -0.393 e. The van der Waals surface area contributed by atoms with Crippen LogP contribution in [0.1, 0.15) is 25.3 Å². The molecule has 3 N–H and O–H groups in total. The van der Waals surface area contributed by atoms with Crippen LogP contribution < -0.4 is 0 Å². The molecule has 1 aromatic rings. The zero-order chi connectivity index (χ0) is 12.0. The molecular weight excluding hydrogens is 204 g/mol. The highest BCUT2D eigenvalue weighted by Crippen LogP contribution is 2.15. The van der Waals surface area contributed by atoms with Gasteiger partial charge in [-0.15, -0.1) is 0 Å². The predicted octanol–water partition coefficient (Wildman–Crippen LogP) is 1.11. The van der Waals surface area contributed by atoms with E-state index in [4.69, 9.17) is 5.11 Å². The molecule has 0 aliphatic carbocycles. The first kappa shape index (κ1) is 13.2. The van der Waals surface area contributed by atoms with E-state index in [9.17, 15) is 10.2 Å². The molecule has 3 nitrogen and oxygen atoms in total. The second-order valence-corrected chi connectivity index (χ2v) is 4.54. The van der Waals surface area contributed by atoms with Gasteiger partial charge in [-0.3, -0.25) is 0 Å². The normalized spacial score (nSPS) is 16.8. The SMILES string of the molecule is C[C@](O)(CO)C[C@H](O)CCc1ccccc1. The van der Waals surface area contributed by atoms with E-state index in [1.807, 2.05) is 30.3 Å². The second-order valence-electron chi connectivity index (χ2n) is 4.54. The molecule has 2 atom stereocenters. The molecule has 0 radical (unpaired) electrons. The van der Waals surface area contributed by atoms with Crippen LogP contribution >= 0.6 is 0 Å². The minimum atomic E-state index is -1.18. The van der Waals surface area contributed by atoms with Gasteiger partial charge in [0.2, 0.25) is 0 Å². The summed E-state index contributed by atoms with van der Waals surface area (Å²) < 4.78 is 0. The lowest BCUT2D eigenvalue weighted by atomic mass is 9.95. The average Bonchev–Trinajstić information content (AvgIpc) is 2.27. The lowest BCUT2D eigenvalue weighted by Gasteiger charge is -2.23. The number of benzene rings is 1. The predicted molar refractivity (Wildman–Crippen MR) is 63.1 cm³/mol. The van der Waals surface area contributed by atoms with Crippen molar-refractivity contribution < 1.29 is 15.3 Å². The summed E-state index contributed by atoms with van der Waals surface area (Å²) in [5.41, 5.74) is -0.0129. The lowest BCUT2D eigenvalue weighted by Crippen LogP contribution is -2.33. The molecule has 3 heteroatoms. The molecular formula is C13H20O3. The zero-order valence-electron chi connectivity index (χ0n) is 9.63. The van der Waals surface area contributed by atoms with Gasteiger partial charge in [-0.25, -0.2) is 0 Å². The van der Waals surface area contributed by atoms with Crippen LogP contribution in [0.5, 0.6) is 0 Å². The Bertz CT molecular complexity index is 295. The summed E-state index contributed by atoms with van der Waals surface area (Å²) in [6.07, 6.45) is 1.00. The van der Waals surface area contributed by atoms with Gasteiger partial charge in [0.25, 0.3) is 0 Å². The van der Waals surface area contributed by atoms with Gasteiger partial charge in [0.1, 0.15) is 0 Å². The van der Waals surface area contributed by atoms with E-state index in [0.29, 0.717) is 6.42 Å². The van der Waals surface area contributed by atoms with E-state index >= 15 is 0 Å². The Hall–Kier alpha value is -0.900. The topological polar surface area (TPSA) is 60.7 Å². The quantitative estimate of drug-likeness (QED) is 0.678. The fourth-order valence-corrected chi connectivity index (χ4v) is 1.65. The van der Waals surface area contributed by atoms with Crippen LogP contribution in [0.4, 0.5) is 0 Å². The Morgan fingerprint density at radius 2 is 1.88 bits per heavy atom. The summed E-state index contributed by atoms with van der Waals surface area (Å²) in [5, 5.41) is 28.2. The first-order valence-electron chi connectivity index (χ1n) is 5.59. The third-order valence-electron chi connectivity index (χ3n) is 2.63. The standard InChI is InChI=1S/C13H20O3/c1-13(16,10-14)9-12(15)8-7-11-5-3-2-4-6-11/h2-6,12,14-16H,7-10H2,1H3/t12-,13-/m1/s1. The van der Waals surface area contributed by atoms with E-state index in [-0.39, 0.29) is 13.0 Å². The van der Waals surface area contributed by atoms with Gasteiger partial charge in [0.05, 0.1) is 18.3 Å². The van der Waals surface area contributed by atoms with Gasteiger partial charge in [0, 0.05) is 6.42 Å². The lowest BCUT2D eigenvalue weighted by molar-refractivity contribution is -0.0373. The molecule has 0 unspecified atom stereocenters. The van der Waals surface area contributed by atoms with Gasteiger partial charge < -0.3 is 15.3 Å². The maximum atomic E-state index is 9.71. The molecule has 1 aromatic carbocycles. The van der Waals surface area contributed by atoms with Crippen molar-refractivity contribution in [3.63, 3.8) is 0 Å². The van der Waals surface area contributed by atoms with Gasteiger partial charge in [0.15, 0.2) is 0 Å². The number of aliphatic hydroxyl groups excluding tert-OH is 2. The molecule has 0 fully saturated rings. The summed E-state index contributed by atoms with van der Waals surface area (Å²) in [7, 11) is 0. The molecule has 0 spiro atoms. The smallest absolute Gasteiger partial charge is 0.0874 e. The van der Waals surface area contributed by atoms with Crippen LogP contribution in [0, 0.1) is 0 Å². The zero-order valence-corrected chi connectivity index (χ0v) is 9.63. The fraction of sp³-hybridized carbons (Fsp3) is 0.538. The van der Waals surface area contributed by atoms with Crippen molar-refractivity contribution in [2.45, 2.75) is 37.9 Å². The fourth-order valence-electron chi connectivity index (χ4n) is 1.65. The van der Waals surface area contributed by atoms with E-state index < -0.39 is 11.7 Å². The van der Waals surface area contributed by atoms with Gasteiger partial charge in [-0.05, 0) is 25.3 Å². The summed E-state index contributed by atoms with van der Waals surface area (Å²) in [6, 6.07) is 9.90. The first-order valence-corrected chi connectivity index (χ1v) is 5.59. The largest absolute Gasteiger partial charge is 0.393 e. The highest BCUT2D eigenvalue weighted by Gasteiger charge is 2.23. The van der Waals surface area contributed by atoms with Crippen molar-refractivity contribution in [2.24, 2.45) is 0 Å². The number of rotatable bonds is 6. The summed E-state index contributed by atoms with van der Waals surface area (Å²) in [4.78, 5) is 0. The van der Waals surface area contributed by atoms with Crippen LogP contribution in [0.25, 0.3) is 0 Å². The number of hydrogen-bond donors (Lipinski definition) is 3. The third kappa shape index (κ3) is 4.75. The van der Waals surface area contributed by atoms with Crippen molar-refractivity contribution >= 4 is 0 Å². The Morgan fingerprint density at radius 1 is 1.25 bits per heavy atom. The van der Waals surface area contributed by atoms with Crippen molar-refractivity contribution in [3.05, 3.63) is 35.9 Å². The molecule has 0 heterocycles. The van der Waals surface area contributed by atoms with Gasteiger partial charge >= 0.3 is 0 Å². The van der Waals surface area contributed by atoms with Crippen LogP contribution in [-0.2, 0) is 6.42 Å². The summed E-state index contributed by atoms with van der Waals surface area (Å²) >= 11 is 0. The Kier molecular flexibility index (Phi) is 4.93. The minimum absolute atomic E-state index is 0.205. The van der Waals surface area contributed by atoms with Crippen LogP contribution in [-0.4, -0.2) is 33.6 Å². The van der Waals surface area contributed by atoms with Crippen molar-refractivity contribution in [1.82, 2.24) is 0 Å². The Balaban J connectivity index is 2.33. The number of hydrogen-bond acceptors (Lipinski definition) is 3. The molecule has 90 valence electrons. The molecule has 0 amide bonds. The third-order valence-corrected chi connectivity index (χ3v) is 2.63. The average molecular weight is 224 g/mol. The molecule has 0 aromatic heterocycles. The molecule has 0 saturated carbocycles. The monoisotopic (exact) mass is 224 g/mol. The van der Waals surface area contributed by atoms with E-state index in [0.717, 1.165) is 6.42 Å². The Morgan fingerprint density at radius 3 is 2.44 bits per heavy atom. The number of aliphatic hydroxyl groups is 3. The van der Waals surface area contributed by atoms with Crippen molar-refractivity contribution in [2.75, 3.05) is 6.61 Å². The van der Waals surface area contributed by atoms with Crippen LogP contribution in [0.15, 0.2) is 30.3 Å². The van der Waals surface area contributed by atoms with Crippen molar-refractivity contribution in [3.8, 4) is 0 Å². The van der Waals surface area contributed by atoms with Crippen LogP contribution in [0.2, 0.25) is 0 Å². The van der Waals surface area contributed by atoms with E-state index in [2.05, 4.69) is 0 Å². The van der Waals surface area contributed by atoms with Crippen molar-refractivity contribution in [1.29, 1.82) is 0 Å². The molecule has 0 saturated heterocycles. The maximum Gasteiger partial charge on any atom is 0.0874 e. The molecule has 16 heavy (non-hydrogen) atoms. The summed E-state index contributed by atoms with van der Waals surface area (Å²) in [5.74, 6) is 0. The second kappa shape index (κ2) is 5.99. The highest BCUT2D eigenvalue weighted by atomic mass is 16.3. The highest BCUT2D eigenvalue weighted by molar-refractivity contribution is 5.14. The number of aryl methyl sites for hydroxylation is 1. The molecule has 1 rings (SSSR count). The van der Waals surface area contributed by atoms with E-state index in [1.165, 1.54) is 12.5 Å². The molecule has 0 bridgehead atoms. The van der Waals surface area contributed by atoms with Crippen LogP contribution in [0.3, 0.4) is 0 Å². The first-order chi connectivity index (χ1) is 7.53. The Labute approximate surface area is 96.4 Å². The van der Waals surface area contributed by atoms with E-state index in [1.54, 1.807) is 0 Å². The van der Waals surface area contributed by atoms with Gasteiger partial charge in [-0.2, -0.15) is 0 Å². The molecule has 0 aliphatic heterocycles.